The molecule has 0 aliphatic rings. The fourth-order valence-electron chi connectivity index (χ4n) is 1.54. The fraction of sp³-hybridized carbons (Fsp3) is 0.538. The van der Waals surface area contributed by atoms with Crippen molar-refractivity contribution in [3.8, 4) is 11.8 Å². The lowest BCUT2D eigenvalue weighted by molar-refractivity contribution is 0.160. The summed E-state index contributed by atoms with van der Waals surface area (Å²) in [5, 5.41) is 19.7. The lowest BCUT2D eigenvalue weighted by Gasteiger charge is -2.25. The van der Waals surface area contributed by atoms with Crippen LogP contribution in [0.1, 0.15) is 24.3 Å². The van der Waals surface area contributed by atoms with E-state index in [1.165, 1.54) is 4.88 Å². The zero-order chi connectivity index (χ0) is 12.7. The van der Waals surface area contributed by atoms with Crippen molar-refractivity contribution in [1.29, 1.82) is 0 Å². The van der Waals surface area contributed by atoms with E-state index in [4.69, 9.17) is 10.2 Å². The van der Waals surface area contributed by atoms with E-state index in [2.05, 4.69) is 30.6 Å². The Labute approximate surface area is 107 Å². The van der Waals surface area contributed by atoms with Crippen molar-refractivity contribution in [2.24, 2.45) is 0 Å². The van der Waals surface area contributed by atoms with Crippen LogP contribution in [0.2, 0.25) is 0 Å². The Morgan fingerprint density at radius 2 is 2.18 bits per heavy atom. The normalized spacial score (nSPS) is 10.7. The van der Waals surface area contributed by atoms with Crippen LogP contribution in [0.15, 0.2) is 11.4 Å². The number of hydrogen-bond donors (Lipinski definition) is 2. The Kier molecular flexibility index (Phi) is 6.23. The Hall–Kier alpha value is -0.860. The minimum absolute atomic E-state index is 0.111. The summed E-state index contributed by atoms with van der Waals surface area (Å²) in [5.41, 5.74) is 0.979. The van der Waals surface area contributed by atoms with Crippen LogP contribution >= 0.6 is 11.3 Å². The summed E-state index contributed by atoms with van der Waals surface area (Å²) < 4.78 is 0. The van der Waals surface area contributed by atoms with Gasteiger partial charge < -0.3 is 10.2 Å². The summed E-state index contributed by atoms with van der Waals surface area (Å²) in [7, 11) is 0. The molecule has 1 aromatic heterocycles. The molecule has 94 valence electrons. The smallest absolute Gasteiger partial charge is 0.104 e. The van der Waals surface area contributed by atoms with Crippen LogP contribution < -0.4 is 0 Å². The van der Waals surface area contributed by atoms with Gasteiger partial charge in [-0.3, -0.25) is 4.90 Å². The molecule has 3 nitrogen and oxygen atoms in total. The van der Waals surface area contributed by atoms with Crippen LogP contribution in [0.25, 0.3) is 0 Å². The van der Waals surface area contributed by atoms with Crippen molar-refractivity contribution < 1.29 is 10.2 Å². The third-order valence-electron chi connectivity index (χ3n) is 2.51. The van der Waals surface area contributed by atoms with Crippen LogP contribution in [0.5, 0.6) is 0 Å². The molecule has 0 saturated carbocycles. The van der Waals surface area contributed by atoms with Gasteiger partial charge in [0.2, 0.25) is 0 Å². The van der Waals surface area contributed by atoms with Crippen molar-refractivity contribution in [3.63, 3.8) is 0 Å². The largest absolute Gasteiger partial charge is 0.395 e. The predicted molar refractivity (Wildman–Crippen MR) is 70.9 cm³/mol. The van der Waals surface area contributed by atoms with Gasteiger partial charge >= 0.3 is 0 Å². The molecule has 0 aliphatic carbocycles. The van der Waals surface area contributed by atoms with Gasteiger partial charge in [-0.25, -0.2) is 0 Å². The number of aliphatic hydroxyl groups is 2. The Morgan fingerprint density at radius 1 is 1.41 bits per heavy atom. The van der Waals surface area contributed by atoms with Gasteiger partial charge in [0.05, 0.1) is 6.61 Å². The Morgan fingerprint density at radius 3 is 2.76 bits per heavy atom. The highest BCUT2D eigenvalue weighted by Gasteiger charge is 2.12. The number of rotatable bonds is 5. The SMILES string of the molecule is CC(C)N(CCO)Cc1sccc1C#CCO. The molecule has 2 N–H and O–H groups in total. The molecule has 1 aromatic rings. The van der Waals surface area contributed by atoms with Crippen LogP contribution in [0, 0.1) is 11.8 Å². The highest BCUT2D eigenvalue weighted by Crippen LogP contribution is 2.19. The maximum atomic E-state index is 9.03. The van der Waals surface area contributed by atoms with Crippen LogP contribution in [0.3, 0.4) is 0 Å². The van der Waals surface area contributed by atoms with Crippen molar-refractivity contribution in [2.45, 2.75) is 26.4 Å². The van der Waals surface area contributed by atoms with E-state index in [0.29, 0.717) is 12.6 Å². The Balaban J connectivity index is 2.75. The number of thiophene rings is 1. The summed E-state index contributed by atoms with van der Waals surface area (Å²) in [4.78, 5) is 3.39. The van der Waals surface area contributed by atoms with Gasteiger partial charge in [-0.2, -0.15) is 0 Å². The zero-order valence-corrected chi connectivity index (χ0v) is 11.1. The van der Waals surface area contributed by atoms with E-state index >= 15 is 0 Å². The van der Waals surface area contributed by atoms with E-state index < -0.39 is 0 Å². The fourth-order valence-corrected chi connectivity index (χ4v) is 2.40. The minimum atomic E-state index is -0.111. The first-order valence-corrected chi connectivity index (χ1v) is 6.58. The monoisotopic (exact) mass is 253 g/mol. The van der Waals surface area contributed by atoms with E-state index in [-0.39, 0.29) is 13.2 Å². The second-order valence-electron chi connectivity index (χ2n) is 4.01. The second kappa shape index (κ2) is 7.46. The topological polar surface area (TPSA) is 43.7 Å². The molecular weight excluding hydrogens is 234 g/mol. The summed E-state index contributed by atoms with van der Waals surface area (Å²) in [5.74, 6) is 5.62. The highest BCUT2D eigenvalue weighted by molar-refractivity contribution is 7.10. The molecule has 0 aliphatic heterocycles. The number of nitrogens with zero attached hydrogens (tertiary/aromatic N) is 1. The zero-order valence-electron chi connectivity index (χ0n) is 10.3. The van der Waals surface area contributed by atoms with Gasteiger partial charge in [0.15, 0.2) is 0 Å². The van der Waals surface area contributed by atoms with Crippen molar-refractivity contribution in [3.05, 3.63) is 21.9 Å². The quantitative estimate of drug-likeness (QED) is 0.777. The first-order chi connectivity index (χ1) is 8.19. The highest BCUT2D eigenvalue weighted by atomic mass is 32.1. The van der Waals surface area contributed by atoms with E-state index in [9.17, 15) is 0 Å². The molecule has 0 bridgehead atoms. The molecule has 0 radical (unpaired) electrons. The number of aliphatic hydroxyl groups excluding tert-OH is 2. The molecule has 0 amide bonds. The first kappa shape index (κ1) is 14.2. The molecule has 0 fully saturated rings. The van der Waals surface area contributed by atoms with Crippen LogP contribution in [0.4, 0.5) is 0 Å². The molecule has 0 saturated heterocycles. The lowest BCUT2D eigenvalue weighted by atomic mass is 10.2. The van der Waals surface area contributed by atoms with Crippen molar-refractivity contribution >= 4 is 11.3 Å². The van der Waals surface area contributed by atoms with Gasteiger partial charge in [0.25, 0.3) is 0 Å². The van der Waals surface area contributed by atoms with Gasteiger partial charge in [0.1, 0.15) is 6.61 Å². The molecule has 1 rings (SSSR count). The average molecular weight is 253 g/mol. The maximum absolute atomic E-state index is 9.03. The molecule has 4 heteroatoms. The van der Waals surface area contributed by atoms with E-state index in [1.54, 1.807) is 11.3 Å². The van der Waals surface area contributed by atoms with Gasteiger partial charge in [-0.05, 0) is 25.3 Å². The third kappa shape index (κ3) is 4.49. The van der Waals surface area contributed by atoms with Gasteiger partial charge in [-0.1, -0.05) is 11.8 Å². The van der Waals surface area contributed by atoms with Crippen LogP contribution in [-0.2, 0) is 6.54 Å². The molecule has 0 atom stereocenters. The Bertz CT molecular complexity index is 390. The van der Waals surface area contributed by atoms with E-state index in [1.807, 2.05) is 11.4 Å². The molecule has 1 heterocycles. The second-order valence-corrected chi connectivity index (χ2v) is 5.01. The summed E-state index contributed by atoms with van der Waals surface area (Å²) in [6, 6.07) is 2.36. The van der Waals surface area contributed by atoms with Crippen molar-refractivity contribution in [1.82, 2.24) is 4.90 Å². The maximum Gasteiger partial charge on any atom is 0.104 e. The first-order valence-electron chi connectivity index (χ1n) is 5.70. The predicted octanol–water partition coefficient (Wildman–Crippen LogP) is 1.29. The van der Waals surface area contributed by atoms with Crippen molar-refractivity contribution in [2.75, 3.05) is 19.8 Å². The van der Waals surface area contributed by atoms with E-state index in [0.717, 1.165) is 12.1 Å². The minimum Gasteiger partial charge on any atom is -0.395 e. The third-order valence-corrected chi connectivity index (χ3v) is 3.42. The molecule has 0 spiro atoms. The molecule has 17 heavy (non-hydrogen) atoms. The van der Waals surface area contributed by atoms with Gasteiger partial charge in [0, 0.05) is 29.6 Å². The summed E-state index contributed by atoms with van der Waals surface area (Å²) in [6.07, 6.45) is 0. The molecule has 0 unspecified atom stereocenters. The lowest BCUT2D eigenvalue weighted by Crippen LogP contribution is -2.32. The molecular formula is C13H19NO2S. The van der Waals surface area contributed by atoms with Gasteiger partial charge in [-0.15, -0.1) is 11.3 Å². The van der Waals surface area contributed by atoms with Crippen LogP contribution in [-0.4, -0.2) is 40.9 Å². The molecule has 0 aromatic carbocycles. The number of hydrogen-bond acceptors (Lipinski definition) is 4. The summed E-state index contributed by atoms with van der Waals surface area (Å²) in [6.45, 7) is 5.75. The standard InChI is InChI=1S/C13H19NO2S/c1-11(2)14(6-8-16)10-13-12(4-3-7-15)5-9-17-13/h5,9,11,15-16H,6-8,10H2,1-2H3. The summed E-state index contributed by atoms with van der Waals surface area (Å²) >= 11 is 1.66. The average Bonchev–Trinajstić information content (AvgIpc) is 2.73.